The van der Waals surface area contributed by atoms with Gasteiger partial charge in [-0.3, -0.25) is 9.59 Å². The van der Waals surface area contributed by atoms with Crippen molar-refractivity contribution in [1.82, 2.24) is 5.32 Å². The van der Waals surface area contributed by atoms with Gasteiger partial charge in [0.2, 0.25) is 5.91 Å². The van der Waals surface area contributed by atoms with Crippen LogP contribution >= 0.6 is 0 Å². The third kappa shape index (κ3) is 5.06. The second kappa shape index (κ2) is 8.11. The molecular weight excluding hydrogens is 290 g/mol. The lowest BCUT2D eigenvalue weighted by atomic mass is 9.95. The Bertz CT molecular complexity index is 534. The number of anilines is 1. The molecule has 1 aromatic carbocycles. The highest BCUT2D eigenvalue weighted by atomic mass is 16.2. The number of nitrogens with two attached hydrogens (primary N) is 1. The predicted octanol–water partition coefficient (Wildman–Crippen LogP) is 2.67. The van der Waals surface area contributed by atoms with Gasteiger partial charge in [0.25, 0.3) is 5.91 Å². The Hall–Kier alpha value is -1.88. The summed E-state index contributed by atoms with van der Waals surface area (Å²) >= 11 is 0. The molecule has 5 nitrogen and oxygen atoms in total. The molecule has 2 atom stereocenters. The summed E-state index contributed by atoms with van der Waals surface area (Å²) in [5, 5.41) is 5.91. The van der Waals surface area contributed by atoms with Gasteiger partial charge in [-0.05, 0) is 44.0 Å². The molecule has 0 bridgehead atoms. The maximum atomic E-state index is 12.2. The number of hydrogen-bond acceptors (Lipinski definition) is 3. The molecule has 1 aliphatic carbocycles. The Morgan fingerprint density at radius 2 is 1.70 bits per heavy atom. The number of carbonyl (C=O) groups excluding carboxylic acids is 2. The quantitative estimate of drug-likeness (QED) is 0.780. The first kappa shape index (κ1) is 17.5. The van der Waals surface area contributed by atoms with E-state index in [0.29, 0.717) is 17.3 Å². The van der Waals surface area contributed by atoms with Crippen LogP contribution in [0.4, 0.5) is 5.69 Å². The van der Waals surface area contributed by atoms with Crippen molar-refractivity contribution in [3.63, 3.8) is 0 Å². The lowest BCUT2D eigenvalue weighted by Gasteiger charge is -2.22. The van der Waals surface area contributed by atoms with Crippen molar-refractivity contribution in [1.29, 1.82) is 0 Å². The molecule has 0 aliphatic heterocycles. The van der Waals surface area contributed by atoms with E-state index in [1.54, 1.807) is 31.2 Å². The van der Waals surface area contributed by atoms with E-state index in [9.17, 15) is 9.59 Å². The molecule has 0 spiro atoms. The second-order valence-corrected chi connectivity index (χ2v) is 6.52. The lowest BCUT2D eigenvalue weighted by Crippen LogP contribution is -2.36. The van der Waals surface area contributed by atoms with Crippen LogP contribution in [0, 0.1) is 5.92 Å². The Balaban J connectivity index is 1.90. The van der Waals surface area contributed by atoms with Crippen LogP contribution in [-0.2, 0) is 4.79 Å². The highest BCUT2D eigenvalue weighted by Crippen LogP contribution is 2.18. The molecule has 23 heavy (non-hydrogen) atoms. The van der Waals surface area contributed by atoms with Crippen molar-refractivity contribution in [2.75, 3.05) is 5.32 Å². The van der Waals surface area contributed by atoms with E-state index >= 15 is 0 Å². The van der Waals surface area contributed by atoms with Crippen molar-refractivity contribution in [3.05, 3.63) is 29.8 Å². The zero-order valence-corrected chi connectivity index (χ0v) is 14.0. The van der Waals surface area contributed by atoms with Crippen LogP contribution in [0.15, 0.2) is 24.3 Å². The van der Waals surface area contributed by atoms with Crippen molar-refractivity contribution in [3.8, 4) is 0 Å². The summed E-state index contributed by atoms with van der Waals surface area (Å²) < 4.78 is 0. The molecule has 2 rings (SSSR count). The molecule has 2 amide bonds. The minimum Gasteiger partial charge on any atom is -0.349 e. The molecule has 2 unspecified atom stereocenters. The number of hydrogen-bond donors (Lipinski definition) is 3. The first-order valence-corrected chi connectivity index (χ1v) is 8.44. The Morgan fingerprint density at radius 1 is 1.09 bits per heavy atom. The molecule has 1 aromatic rings. The molecular formula is C18H27N3O2. The Morgan fingerprint density at radius 3 is 2.26 bits per heavy atom. The topological polar surface area (TPSA) is 84.2 Å². The van der Waals surface area contributed by atoms with E-state index < -0.39 is 0 Å². The molecule has 1 aliphatic rings. The minimum atomic E-state index is -0.260. The average Bonchev–Trinajstić information content (AvgIpc) is 2.55. The van der Waals surface area contributed by atoms with E-state index in [2.05, 4.69) is 10.6 Å². The van der Waals surface area contributed by atoms with E-state index in [-0.39, 0.29) is 23.8 Å². The monoisotopic (exact) mass is 317 g/mol. The standard InChI is InChI=1S/C18H27N3O2/c1-12(13(2)19)17(22)20-16-10-8-14(9-11-16)18(23)21-15-6-4-3-5-7-15/h8-13,15H,3-7,19H2,1-2H3,(H,20,22)(H,21,23). The molecule has 1 saturated carbocycles. The van der Waals surface area contributed by atoms with E-state index in [0.717, 1.165) is 12.8 Å². The Kier molecular flexibility index (Phi) is 6.16. The molecule has 1 fully saturated rings. The normalized spacial score (nSPS) is 18.0. The van der Waals surface area contributed by atoms with Gasteiger partial charge >= 0.3 is 0 Å². The smallest absolute Gasteiger partial charge is 0.251 e. The lowest BCUT2D eigenvalue weighted by molar-refractivity contribution is -0.119. The highest BCUT2D eigenvalue weighted by Gasteiger charge is 2.18. The number of benzene rings is 1. The summed E-state index contributed by atoms with van der Waals surface area (Å²) in [6.07, 6.45) is 5.77. The van der Waals surface area contributed by atoms with E-state index in [4.69, 9.17) is 5.73 Å². The van der Waals surface area contributed by atoms with Crippen LogP contribution in [0.5, 0.6) is 0 Å². The summed E-state index contributed by atoms with van der Waals surface area (Å²) in [7, 11) is 0. The summed E-state index contributed by atoms with van der Waals surface area (Å²) in [6, 6.07) is 7.08. The minimum absolute atomic E-state index is 0.0428. The third-order valence-corrected chi connectivity index (χ3v) is 4.56. The van der Waals surface area contributed by atoms with Crippen LogP contribution in [0.1, 0.15) is 56.3 Å². The maximum Gasteiger partial charge on any atom is 0.251 e. The Labute approximate surface area is 138 Å². The third-order valence-electron chi connectivity index (χ3n) is 4.56. The number of carbonyl (C=O) groups is 2. The second-order valence-electron chi connectivity index (χ2n) is 6.52. The zero-order chi connectivity index (χ0) is 16.8. The fraction of sp³-hybridized carbons (Fsp3) is 0.556. The molecule has 0 radical (unpaired) electrons. The fourth-order valence-corrected chi connectivity index (χ4v) is 2.72. The van der Waals surface area contributed by atoms with Crippen molar-refractivity contribution in [2.45, 2.75) is 58.0 Å². The highest BCUT2D eigenvalue weighted by molar-refractivity contribution is 5.96. The molecule has 0 aromatic heterocycles. The van der Waals surface area contributed by atoms with E-state index in [1.807, 2.05) is 6.92 Å². The van der Waals surface area contributed by atoms with Gasteiger partial charge in [-0.2, -0.15) is 0 Å². The van der Waals surface area contributed by atoms with Crippen molar-refractivity contribution >= 4 is 17.5 Å². The van der Waals surface area contributed by atoms with Crippen LogP contribution in [-0.4, -0.2) is 23.9 Å². The van der Waals surface area contributed by atoms with Crippen molar-refractivity contribution < 1.29 is 9.59 Å². The van der Waals surface area contributed by atoms with Gasteiger partial charge in [0.15, 0.2) is 0 Å². The first-order chi connectivity index (χ1) is 11.0. The molecule has 0 saturated heterocycles. The molecule has 4 N–H and O–H groups in total. The zero-order valence-electron chi connectivity index (χ0n) is 14.0. The predicted molar refractivity (Wildman–Crippen MR) is 92.2 cm³/mol. The summed E-state index contributed by atoms with van der Waals surface area (Å²) in [5.74, 6) is -0.414. The molecule has 5 heteroatoms. The summed E-state index contributed by atoms with van der Waals surface area (Å²) in [5.41, 5.74) is 7.03. The van der Waals surface area contributed by atoms with Gasteiger partial charge in [-0.15, -0.1) is 0 Å². The van der Waals surface area contributed by atoms with Gasteiger partial charge in [0.05, 0.1) is 5.92 Å². The van der Waals surface area contributed by atoms with Crippen LogP contribution in [0.2, 0.25) is 0 Å². The van der Waals surface area contributed by atoms with Gasteiger partial charge < -0.3 is 16.4 Å². The fourth-order valence-electron chi connectivity index (χ4n) is 2.72. The maximum absolute atomic E-state index is 12.2. The van der Waals surface area contributed by atoms with Crippen LogP contribution in [0.25, 0.3) is 0 Å². The SMILES string of the molecule is CC(N)C(C)C(=O)Nc1ccc(C(=O)NC2CCCCC2)cc1. The van der Waals surface area contributed by atoms with Crippen molar-refractivity contribution in [2.24, 2.45) is 11.7 Å². The van der Waals surface area contributed by atoms with Crippen LogP contribution in [0.3, 0.4) is 0 Å². The number of amides is 2. The van der Waals surface area contributed by atoms with Gasteiger partial charge in [-0.1, -0.05) is 26.2 Å². The van der Waals surface area contributed by atoms with E-state index in [1.165, 1.54) is 19.3 Å². The largest absolute Gasteiger partial charge is 0.349 e. The molecule has 126 valence electrons. The van der Waals surface area contributed by atoms with Gasteiger partial charge in [0, 0.05) is 23.3 Å². The average molecular weight is 317 g/mol. The van der Waals surface area contributed by atoms with Gasteiger partial charge in [0.1, 0.15) is 0 Å². The summed E-state index contributed by atoms with van der Waals surface area (Å²) in [4.78, 5) is 24.2. The van der Waals surface area contributed by atoms with Gasteiger partial charge in [-0.25, -0.2) is 0 Å². The number of nitrogens with one attached hydrogen (secondary N) is 2. The number of rotatable bonds is 5. The first-order valence-electron chi connectivity index (χ1n) is 8.44. The van der Waals surface area contributed by atoms with Crippen LogP contribution < -0.4 is 16.4 Å². The summed E-state index contributed by atoms with van der Waals surface area (Å²) in [6.45, 7) is 3.61. The molecule has 0 heterocycles.